The van der Waals surface area contributed by atoms with Gasteiger partial charge in [-0.3, -0.25) is 24.3 Å². The van der Waals surface area contributed by atoms with Gasteiger partial charge in [-0.2, -0.15) is 0 Å². The zero-order chi connectivity index (χ0) is 26.3. The van der Waals surface area contributed by atoms with Gasteiger partial charge in [0.05, 0.1) is 0 Å². The number of piperidine rings is 2. The molecule has 208 valence electrons. The third-order valence-electron chi connectivity index (χ3n) is 10.1. The highest BCUT2D eigenvalue weighted by molar-refractivity contribution is 6.03. The Labute approximate surface area is 222 Å². The number of nitrogens with zero attached hydrogens (tertiary/aromatic N) is 3. The molecule has 2 unspecified atom stereocenters. The second-order valence-corrected chi connectivity index (χ2v) is 13.3. The number of amides is 2. The molecule has 0 aromatic rings. The van der Waals surface area contributed by atoms with Crippen LogP contribution in [-0.4, -0.2) is 69.8 Å². The van der Waals surface area contributed by atoms with Crippen molar-refractivity contribution in [2.75, 3.05) is 20.1 Å². The summed E-state index contributed by atoms with van der Waals surface area (Å²) >= 11 is 0. The van der Waals surface area contributed by atoms with Crippen molar-refractivity contribution in [3.05, 3.63) is 0 Å². The standard InChI is InChI=1S/C31H57N3O2/c1-7-8-9-10-11-12-13-14-15-16-17-25-24-28(35)34(29(25)36)26-19-22-33(23-20-26)27-18-21-30(2,3)32(6)31(27,4)5/h25-27H,7-24H2,1-6H3. The van der Waals surface area contributed by atoms with Crippen molar-refractivity contribution in [3.8, 4) is 0 Å². The molecule has 3 saturated heterocycles. The van der Waals surface area contributed by atoms with Gasteiger partial charge < -0.3 is 0 Å². The molecule has 36 heavy (non-hydrogen) atoms. The fraction of sp³-hybridized carbons (Fsp3) is 0.935. The summed E-state index contributed by atoms with van der Waals surface area (Å²) in [6, 6.07) is 0.644. The minimum atomic E-state index is -0.0577. The van der Waals surface area contributed by atoms with E-state index in [0.717, 1.165) is 38.8 Å². The molecule has 0 bridgehead atoms. The molecular formula is C31H57N3O2. The van der Waals surface area contributed by atoms with Crippen LogP contribution in [0.15, 0.2) is 0 Å². The lowest BCUT2D eigenvalue weighted by molar-refractivity contribution is -0.144. The maximum Gasteiger partial charge on any atom is 0.233 e. The van der Waals surface area contributed by atoms with Crippen molar-refractivity contribution in [3.63, 3.8) is 0 Å². The first-order valence-corrected chi connectivity index (χ1v) is 15.4. The molecular weight excluding hydrogens is 446 g/mol. The van der Waals surface area contributed by atoms with Crippen LogP contribution in [-0.2, 0) is 9.59 Å². The Balaban J connectivity index is 1.38. The van der Waals surface area contributed by atoms with Crippen LogP contribution in [0.25, 0.3) is 0 Å². The van der Waals surface area contributed by atoms with Crippen LogP contribution >= 0.6 is 0 Å². The van der Waals surface area contributed by atoms with Gasteiger partial charge in [-0.15, -0.1) is 0 Å². The molecule has 3 rings (SSSR count). The SMILES string of the molecule is CCCCCCCCCCCCC1CC(=O)N(C2CCN(C3CCC(C)(C)N(C)C3(C)C)CC2)C1=O. The number of likely N-dealkylation sites (tertiary alicyclic amines) is 3. The minimum Gasteiger partial charge on any atom is -0.298 e. The van der Waals surface area contributed by atoms with Crippen LogP contribution in [0.1, 0.15) is 137 Å². The van der Waals surface area contributed by atoms with Crippen LogP contribution < -0.4 is 0 Å². The zero-order valence-electron chi connectivity index (χ0n) is 24.6. The molecule has 0 aromatic heterocycles. The lowest BCUT2D eigenvalue weighted by Crippen LogP contribution is -2.67. The van der Waals surface area contributed by atoms with Crippen LogP contribution in [0.3, 0.4) is 0 Å². The molecule has 5 heteroatoms. The van der Waals surface area contributed by atoms with Gasteiger partial charge in [0.15, 0.2) is 0 Å². The molecule has 0 aromatic carbocycles. The van der Waals surface area contributed by atoms with E-state index in [2.05, 4.69) is 51.5 Å². The van der Waals surface area contributed by atoms with Crippen LogP contribution in [0.4, 0.5) is 0 Å². The summed E-state index contributed by atoms with van der Waals surface area (Å²) in [5.41, 5.74) is 0.351. The van der Waals surface area contributed by atoms with Crippen molar-refractivity contribution >= 4 is 11.8 Å². The van der Waals surface area contributed by atoms with E-state index < -0.39 is 0 Å². The van der Waals surface area contributed by atoms with Gasteiger partial charge in [0.2, 0.25) is 11.8 Å². The molecule has 3 heterocycles. The van der Waals surface area contributed by atoms with Crippen LogP contribution in [0, 0.1) is 5.92 Å². The zero-order valence-corrected chi connectivity index (χ0v) is 24.6. The maximum absolute atomic E-state index is 13.2. The molecule has 2 amide bonds. The molecule has 5 nitrogen and oxygen atoms in total. The molecule has 0 saturated carbocycles. The normalized spacial score (nSPS) is 27.8. The molecule has 3 aliphatic heterocycles. The van der Waals surface area contributed by atoms with Crippen LogP contribution in [0.5, 0.6) is 0 Å². The highest BCUT2D eigenvalue weighted by Crippen LogP contribution is 2.40. The summed E-state index contributed by atoms with van der Waals surface area (Å²) in [5.74, 6) is 0.168. The van der Waals surface area contributed by atoms with E-state index in [1.807, 2.05) is 0 Å². The second-order valence-electron chi connectivity index (χ2n) is 13.3. The number of hydrogen-bond donors (Lipinski definition) is 0. The maximum atomic E-state index is 13.2. The number of rotatable bonds is 13. The Hall–Kier alpha value is -0.940. The highest BCUT2D eigenvalue weighted by Gasteiger charge is 2.48. The van der Waals surface area contributed by atoms with E-state index in [1.54, 1.807) is 4.90 Å². The third kappa shape index (κ3) is 7.12. The Morgan fingerprint density at radius 1 is 0.806 bits per heavy atom. The molecule has 0 N–H and O–H groups in total. The van der Waals surface area contributed by atoms with E-state index in [1.165, 1.54) is 70.6 Å². The highest BCUT2D eigenvalue weighted by atomic mass is 16.2. The Kier molecular flexibility index (Phi) is 10.9. The first-order valence-electron chi connectivity index (χ1n) is 15.4. The summed E-state index contributed by atoms with van der Waals surface area (Å²) < 4.78 is 0. The predicted molar refractivity (Wildman–Crippen MR) is 150 cm³/mol. The molecule has 0 aliphatic carbocycles. The van der Waals surface area contributed by atoms with Gasteiger partial charge in [-0.05, 0) is 66.8 Å². The summed E-state index contributed by atoms with van der Waals surface area (Å²) in [4.78, 5) is 33.0. The van der Waals surface area contributed by atoms with E-state index >= 15 is 0 Å². The topological polar surface area (TPSA) is 43.9 Å². The van der Waals surface area contributed by atoms with Crippen molar-refractivity contribution in [1.29, 1.82) is 0 Å². The fourth-order valence-electron chi connectivity index (χ4n) is 7.30. The Morgan fingerprint density at radius 3 is 1.94 bits per heavy atom. The largest absolute Gasteiger partial charge is 0.298 e. The fourth-order valence-corrected chi connectivity index (χ4v) is 7.30. The first-order chi connectivity index (χ1) is 17.1. The van der Waals surface area contributed by atoms with E-state index in [4.69, 9.17) is 0 Å². The van der Waals surface area contributed by atoms with Crippen molar-refractivity contribution in [1.82, 2.24) is 14.7 Å². The lowest BCUT2D eigenvalue weighted by atomic mass is 9.75. The number of imide groups is 1. The van der Waals surface area contributed by atoms with E-state index in [9.17, 15) is 9.59 Å². The number of carbonyl (C=O) groups excluding carboxylic acids is 2. The van der Waals surface area contributed by atoms with Gasteiger partial charge in [-0.25, -0.2) is 0 Å². The minimum absolute atomic E-state index is 0.0577. The summed E-state index contributed by atoms with van der Waals surface area (Å²) in [7, 11) is 2.27. The number of hydrogen-bond acceptors (Lipinski definition) is 4. The number of unbranched alkanes of at least 4 members (excludes halogenated alkanes) is 9. The van der Waals surface area contributed by atoms with Crippen LogP contribution in [0.2, 0.25) is 0 Å². The monoisotopic (exact) mass is 503 g/mol. The lowest BCUT2D eigenvalue weighted by Gasteiger charge is -2.58. The smallest absolute Gasteiger partial charge is 0.233 e. The molecule has 0 radical (unpaired) electrons. The van der Waals surface area contributed by atoms with Crippen molar-refractivity contribution in [2.24, 2.45) is 5.92 Å². The predicted octanol–water partition coefficient (Wildman–Crippen LogP) is 6.79. The van der Waals surface area contributed by atoms with Gasteiger partial charge in [0.1, 0.15) is 0 Å². The van der Waals surface area contributed by atoms with E-state index in [-0.39, 0.29) is 34.9 Å². The summed E-state index contributed by atoms with van der Waals surface area (Å²) in [6.45, 7) is 13.7. The first kappa shape index (κ1) is 29.6. The van der Waals surface area contributed by atoms with Gasteiger partial charge >= 0.3 is 0 Å². The molecule has 2 atom stereocenters. The Morgan fingerprint density at radius 2 is 1.36 bits per heavy atom. The Bertz CT molecular complexity index is 711. The molecule has 3 aliphatic rings. The summed E-state index contributed by atoms with van der Waals surface area (Å²) in [5, 5.41) is 0. The second kappa shape index (κ2) is 13.2. The number of carbonyl (C=O) groups is 2. The van der Waals surface area contributed by atoms with Gasteiger partial charge in [0.25, 0.3) is 0 Å². The summed E-state index contributed by atoms with van der Waals surface area (Å²) in [6.07, 6.45) is 18.7. The van der Waals surface area contributed by atoms with Crippen molar-refractivity contribution in [2.45, 2.75) is 161 Å². The average Bonchev–Trinajstić information content (AvgIpc) is 3.12. The van der Waals surface area contributed by atoms with E-state index in [0.29, 0.717) is 12.5 Å². The molecule has 0 spiro atoms. The van der Waals surface area contributed by atoms with Crippen molar-refractivity contribution < 1.29 is 9.59 Å². The van der Waals surface area contributed by atoms with Gasteiger partial charge in [-0.1, -0.05) is 71.1 Å². The number of likely N-dealkylation sites (N-methyl/N-ethyl adjacent to an activating group) is 1. The van der Waals surface area contributed by atoms with Gasteiger partial charge in [0, 0.05) is 48.6 Å². The quantitative estimate of drug-likeness (QED) is 0.205. The third-order valence-corrected chi connectivity index (χ3v) is 10.1. The molecule has 3 fully saturated rings. The average molecular weight is 504 g/mol.